The fourth-order valence-electron chi connectivity index (χ4n) is 8.84. The number of carbonyl (C=O) groups is 1. The average Bonchev–Trinajstić information content (AvgIpc) is 3.00. The van der Waals surface area contributed by atoms with Crippen molar-refractivity contribution in [3.8, 4) is 0 Å². The van der Waals surface area contributed by atoms with Gasteiger partial charge in [0.1, 0.15) is 13.3 Å². The molecule has 0 aromatic rings. The molecule has 4 saturated carbocycles. The minimum absolute atomic E-state index is 0.171. The van der Waals surface area contributed by atoms with Crippen LogP contribution in [0.25, 0.3) is 0 Å². The molecular weight excluding hydrogens is 362 g/mol. The third-order valence-electron chi connectivity index (χ3n) is 10.7. The monoisotopic (exact) mass is 402 g/mol. The zero-order valence-electron chi connectivity index (χ0n) is 18.9. The Kier molecular flexibility index (Phi) is 5.47. The van der Waals surface area contributed by atoms with Crippen LogP contribution in [0.5, 0.6) is 0 Å². The fraction of sp³-hybridized carbons (Fsp3) is 0.957. The molecule has 0 spiro atoms. The van der Waals surface area contributed by atoms with E-state index in [9.17, 15) is 20.1 Å². The third kappa shape index (κ3) is 3.23. The van der Waals surface area contributed by atoms with Crippen LogP contribution in [0.1, 0.15) is 78.1 Å². The summed E-state index contributed by atoms with van der Waals surface area (Å²) in [4.78, 5) is 11.3. The summed E-state index contributed by atoms with van der Waals surface area (Å²) in [7, 11) is 3.75. The Labute approximate surface area is 178 Å². The predicted molar refractivity (Wildman–Crippen MR) is 119 cm³/mol. The summed E-state index contributed by atoms with van der Waals surface area (Å²) in [5.74, 6) is 2.16. The predicted octanol–water partition coefficient (Wildman–Crippen LogP) is 2.22. The first-order valence-electron chi connectivity index (χ1n) is 12.2. The lowest BCUT2D eigenvalue weighted by Gasteiger charge is -2.64. The number of fused-ring (bicyclic) bond motifs is 5. The number of rotatable bonds is 4. The first kappa shape index (κ1) is 21.7. The summed E-state index contributed by atoms with van der Waals surface area (Å²) in [5, 5.41) is 30.8. The highest BCUT2D eigenvalue weighted by Crippen LogP contribution is 2.69. The van der Waals surface area contributed by atoms with Crippen LogP contribution in [0.2, 0.25) is 5.82 Å². The number of carboxylic acid groups (broad SMARTS) is 1. The van der Waals surface area contributed by atoms with Crippen LogP contribution in [0.3, 0.4) is 0 Å². The van der Waals surface area contributed by atoms with Gasteiger partial charge in [0.2, 0.25) is 0 Å². The van der Waals surface area contributed by atoms with E-state index in [1.54, 1.807) is 0 Å². The lowest BCUT2D eigenvalue weighted by atomic mass is 9.39. The van der Waals surface area contributed by atoms with E-state index < -0.39 is 11.5 Å². The van der Waals surface area contributed by atoms with Crippen LogP contribution in [0.15, 0.2) is 0 Å². The number of carboxylic acids is 1. The number of aliphatic hydroxyl groups is 2. The van der Waals surface area contributed by atoms with Crippen molar-refractivity contribution in [1.29, 1.82) is 0 Å². The summed E-state index contributed by atoms with van der Waals surface area (Å²) >= 11 is 0. The zero-order valence-corrected chi connectivity index (χ0v) is 18.9. The summed E-state index contributed by atoms with van der Waals surface area (Å²) in [6.45, 7) is 4.93. The second kappa shape index (κ2) is 7.29. The Morgan fingerprint density at radius 2 is 1.72 bits per heavy atom. The van der Waals surface area contributed by atoms with E-state index in [0.717, 1.165) is 18.8 Å². The zero-order chi connectivity index (χ0) is 21.2. The minimum atomic E-state index is -1.62. The molecule has 0 aromatic heterocycles. The molecule has 29 heavy (non-hydrogen) atoms. The molecular formula is C23H40B2O4. The van der Waals surface area contributed by atoms with E-state index in [1.807, 2.05) is 0 Å². The molecule has 0 bridgehead atoms. The normalized spacial score (nSPS) is 51.4. The van der Waals surface area contributed by atoms with E-state index in [2.05, 4.69) is 21.7 Å². The first-order valence-corrected chi connectivity index (χ1v) is 12.2. The van der Waals surface area contributed by atoms with E-state index in [-0.39, 0.29) is 11.5 Å². The molecule has 6 heteroatoms. The number of aliphatic hydroxyl groups excluding tert-OH is 1. The van der Waals surface area contributed by atoms with E-state index in [4.69, 9.17) is 0 Å². The molecule has 0 saturated heterocycles. The smallest absolute Gasteiger partial charge is 0.326 e. The van der Waals surface area contributed by atoms with Gasteiger partial charge in [0.05, 0.1) is 6.10 Å². The SMILES string of the molecule is BC1C2C(CCC3(C)C2CC[C@@H]3CCC(B)(O)C(=O)O)C2(C)CCCCC2[C@@H]1O. The van der Waals surface area contributed by atoms with Crippen LogP contribution in [-0.2, 0) is 4.79 Å². The maximum absolute atomic E-state index is 11.3. The van der Waals surface area contributed by atoms with E-state index in [0.29, 0.717) is 41.3 Å². The van der Waals surface area contributed by atoms with E-state index in [1.165, 1.54) is 52.8 Å². The van der Waals surface area contributed by atoms with Crippen molar-refractivity contribution in [2.24, 2.45) is 40.4 Å². The highest BCUT2D eigenvalue weighted by Gasteiger charge is 2.63. The van der Waals surface area contributed by atoms with Gasteiger partial charge < -0.3 is 15.3 Å². The summed E-state index contributed by atoms with van der Waals surface area (Å²) in [6.07, 6.45) is 10.8. The fourth-order valence-corrected chi connectivity index (χ4v) is 8.84. The van der Waals surface area contributed by atoms with Gasteiger partial charge in [-0.15, -0.1) is 0 Å². The largest absolute Gasteiger partial charge is 0.480 e. The van der Waals surface area contributed by atoms with Crippen LogP contribution in [-0.4, -0.2) is 48.6 Å². The molecule has 8 unspecified atom stereocenters. The van der Waals surface area contributed by atoms with Gasteiger partial charge in [-0.2, -0.15) is 0 Å². The van der Waals surface area contributed by atoms with Gasteiger partial charge in [0.25, 0.3) is 0 Å². The number of hydrogen-bond acceptors (Lipinski definition) is 3. The lowest BCUT2D eigenvalue weighted by molar-refractivity contribution is -0.158. The minimum Gasteiger partial charge on any atom is -0.480 e. The van der Waals surface area contributed by atoms with Gasteiger partial charge in [-0.1, -0.05) is 26.7 Å². The first-order chi connectivity index (χ1) is 13.5. The number of hydrogen-bond donors (Lipinski definition) is 3. The Balaban J connectivity index is 1.56. The van der Waals surface area contributed by atoms with Gasteiger partial charge in [-0.3, -0.25) is 0 Å². The average molecular weight is 402 g/mol. The molecule has 4 nitrogen and oxygen atoms in total. The molecule has 0 heterocycles. The van der Waals surface area contributed by atoms with Crippen molar-refractivity contribution in [3.05, 3.63) is 0 Å². The van der Waals surface area contributed by atoms with Crippen molar-refractivity contribution in [3.63, 3.8) is 0 Å². The molecule has 4 aliphatic rings. The quantitative estimate of drug-likeness (QED) is 0.631. The van der Waals surface area contributed by atoms with Gasteiger partial charge in [0, 0.05) is 0 Å². The maximum atomic E-state index is 11.3. The van der Waals surface area contributed by atoms with Crippen molar-refractivity contribution in [2.75, 3.05) is 0 Å². The molecule has 4 rings (SSSR count). The standard InChI is InChI=1S/C23H40B2O4/c1-21-11-9-15-17(18(24)19(26)16-5-3-4-10-22(15,16)2)14(21)7-6-13(21)8-12-23(25,29)20(27)28/h13-19,26,29H,3-12,24-25H2,1-2H3,(H,27,28)/t13-,14?,15?,16?,17?,18?,19+,21?,22?,23?/m1/s1. The van der Waals surface area contributed by atoms with Gasteiger partial charge in [-0.25, -0.2) is 4.79 Å². The van der Waals surface area contributed by atoms with Crippen LogP contribution in [0, 0.1) is 40.4 Å². The van der Waals surface area contributed by atoms with Crippen molar-refractivity contribution >= 4 is 21.7 Å². The Hall–Kier alpha value is -0.480. The molecule has 0 aromatic carbocycles. The van der Waals surface area contributed by atoms with Gasteiger partial charge in [-0.05, 0) is 97.6 Å². The summed E-state index contributed by atoms with van der Waals surface area (Å²) in [6, 6.07) is 0. The topological polar surface area (TPSA) is 77.8 Å². The van der Waals surface area contributed by atoms with Crippen LogP contribution >= 0.6 is 0 Å². The summed E-state index contributed by atoms with van der Waals surface area (Å²) < 4.78 is 0. The molecule has 4 fully saturated rings. The second-order valence-electron chi connectivity index (χ2n) is 11.9. The van der Waals surface area contributed by atoms with Crippen molar-refractivity contribution in [2.45, 2.75) is 95.5 Å². The summed E-state index contributed by atoms with van der Waals surface area (Å²) in [5.41, 5.74) is -1.11. The molecule has 162 valence electrons. The Morgan fingerprint density at radius 3 is 2.41 bits per heavy atom. The van der Waals surface area contributed by atoms with Crippen LogP contribution in [0.4, 0.5) is 0 Å². The maximum Gasteiger partial charge on any atom is 0.326 e. The van der Waals surface area contributed by atoms with E-state index >= 15 is 0 Å². The molecule has 0 amide bonds. The highest BCUT2D eigenvalue weighted by atomic mass is 16.4. The second-order valence-corrected chi connectivity index (χ2v) is 11.9. The van der Waals surface area contributed by atoms with Crippen molar-refractivity contribution in [1.82, 2.24) is 0 Å². The number of aliphatic carboxylic acids is 1. The third-order valence-corrected chi connectivity index (χ3v) is 10.7. The lowest BCUT2D eigenvalue weighted by Crippen LogP contribution is -2.59. The molecule has 3 N–H and O–H groups in total. The van der Waals surface area contributed by atoms with Gasteiger partial charge >= 0.3 is 5.97 Å². The Morgan fingerprint density at radius 1 is 1.03 bits per heavy atom. The molecule has 0 radical (unpaired) electrons. The molecule has 0 aliphatic heterocycles. The molecule has 4 aliphatic carbocycles. The van der Waals surface area contributed by atoms with Crippen LogP contribution < -0.4 is 0 Å². The van der Waals surface area contributed by atoms with Crippen molar-refractivity contribution < 1.29 is 20.1 Å². The highest BCUT2D eigenvalue weighted by molar-refractivity contribution is 6.25. The molecule has 10 atom stereocenters. The van der Waals surface area contributed by atoms with Gasteiger partial charge in [0.15, 0.2) is 7.85 Å². The Bertz CT molecular complexity index is 655.